The number of fused-ring (bicyclic) bond motifs is 1. The fourth-order valence-corrected chi connectivity index (χ4v) is 4.77. The normalized spacial score (nSPS) is 15.6. The number of piperidine rings is 1. The molecule has 38 heavy (non-hydrogen) atoms. The number of rotatable bonds is 7. The van der Waals surface area contributed by atoms with E-state index in [0.717, 1.165) is 11.3 Å². The van der Waals surface area contributed by atoms with Crippen molar-refractivity contribution in [2.45, 2.75) is 39.2 Å². The fraction of sp³-hybridized carbons (Fsp3) is 0.357. The van der Waals surface area contributed by atoms with Crippen molar-refractivity contribution in [3.8, 4) is 23.1 Å². The van der Waals surface area contributed by atoms with Gasteiger partial charge in [0.2, 0.25) is 5.91 Å². The number of imidazole rings is 1. The monoisotopic (exact) mass is 534 g/mol. The van der Waals surface area contributed by atoms with Crippen LogP contribution in [0.25, 0.3) is 28.2 Å². The minimum absolute atomic E-state index is 0.00847. The Morgan fingerprint density at radius 3 is 2.37 bits per heavy atom. The molecule has 2 aromatic heterocycles. The maximum atomic E-state index is 12.1. The molecule has 10 heteroatoms. The highest BCUT2D eigenvalue weighted by atomic mass is 35.5. The summed E-state index contributed by atoms with van der Waals surface area (Å²) in [5, 5.41) is 10.8. The van der Waals surface area contributed by atoms with Crippen LogP contribution in [-0.4, -0.2) is 55.8 Å². The van der Waals surface area contributed by atoms with Crippen LogP contribution in [-0.2, 0) is 4.79 Å². The summed E-state index contributed by atoms with van der Waals surface area (Å²) in [4.78, 5) is 28.7. The van der Waals surface area contributed by atoms with E-state index in [1.54, 1.807) is 13.8 Å². The number of nitrogens with zero attached hydrogens (tertiary/aromatic N) is 5. The molecule has 4 aromatic rings. The number of ether oxygens (including phenoxy) is 1. The smallest absolute Gasteiger partial charge is 0.320 e. The van der Waals surface area contributed by atoms with Gasteiger partial charge < -0.3 is 20.5 Å². The number of benzene rings is 2. The van der Waals surface area contributed by atoms with Crippen LogP contribution in [0.15, 0.2) is 54.6 Å². The predicted molar refractivity (Wildman–Crippen MR) is 148 cm³/mol. The van der Waals surface area contributed by atoms with Crippen LogP contribution in [0.5, 0.6) is 6.01 Å². The second-order valence-electron chi connectivity index (χ2n) is 10.6. The van der Waals surface area contributed by atoms with Crippen molar-refractivity contribution in [2.24, 2.45) is 11.1 Å². The molecule has 1 aliphatic rings. The Kier molecular flexibility index (Phi) is 6.75. The summed E-state index contributed by atoms with van der Waals surface area (Å²) >= 11 is 6.63. The van der Waals surface area contributed by atoms with Crippen LogP contribution in [0.3, 0.4) is 0 Å². The van der Waals surface area contributed by atoms with Crippen molar-refractivity contribution in [1.82, 2.24) is 19.5 Å². The number of aromatic nitrogens is 4. The van der Waals surface area contributed by atoms with Crippen LogP contribution in [0.4, 0.5) is 5.82 Å². The molecular weight excluding hydrogens is 504 g/mol. The average molecular weight is 535 g/mol. The zero-order valence-electron chi connectivity index (χ0n) is 21.7. The highest BCUT2D eigenvalue weighted by Gasteiger charge is 2.37. The largest absolute Gasteiger partial charge is 0.460 e. The van der Waals surface area contributed by atoms with Gasteiger partial charge in [0, 0.05) is 29.8 Å². The lowest BCUT2D eigenvalue weighted by atomic mass is 9.80. The van der Waals surface area contributed by atoms with Gasteiger partial charge in [0.1, 0.15) is 12.4 Å². The maximum Gasteiger partial charge on any atom is 0.320 e. The van der Waals surface area contributed by atoms with E-state index >= 15 is 0 Å². The standard InChI is InChI=1S/C28H31ClN6O3/c1-27(2,37)17-38-26-32-23(34-15-13-28(3,14-16-34)25(30)36)21-24(33-26)35(18-9-5-4-6-10-18)22(31-21)19-11-7-8-12-20(19)29/h4-12,37H,13-17H2,1-3H3,(H2,30,36). The summed E-state index contributed by atoms with van der Waals surface area (Å²) in [5.74, 6) is 0.912. The highest BCUT2D eigenvalue weighted by molar-refractivity contribution is 6.33. The van der Waals surface area contributed by atoms with Crippen molar-refractivity contribution in [1.29, 1.82) is 0 Å². The Morgan fingerprint density at radius 2 is 1.74 bits per heavy atom. The first kappa shape index (κ1) is 25.9. The van der Waals surface area contributed by atoms with Gasteiger partial charge in [0.05, 0.1) is 10.6 Å². The van der Waals surface area contributed by atoms with Gasteiger partial charge in [0.25, 0.3) is 0 Å². The number of anilines is 1. The van der Waals surface area contributed by atoms with Crippen LogP contribution >= 0.6 is 11.6 Å². The average Bonchev–Trinajstić information content (AvgIpc) is 3.27. The molecule has 0 aliphatic carbocycles. The molecule has 2 aromatic carbocycles. The van der Waals surface area contributed by atoms with Gasteiger partial charge in [-0.2, -0.15) is 9.97 Å². The summed E-state index contributed by atoms with van der Waals surface area (Å²) in [7, 11) is 0. The van der Waals surface area contributed by atoms with E-state index in [-0.39, 0.29) is 18.5 Å². The van der Waals surface area contributed by atoms with Crippen molar-refractivity contribution in [3.05, 3.63) is 59.6 Å². The number of primary amides is 1. The summed E-state index contributed by atoms with van der Waals surface area (Å²) in [6.07, 6.45) is 1.18. The Labute approximate surface area is 226 Å². The fourth-order valence-electron chi connectivity index (χ4n) is 4.55. The van der Waals surface area contributed by atoms with E-state index in [2.05, 4.69) is 4.90 Å². The van der Waals surface area contributed by atoms with Crippen molar-refractivity contribution in [3.63, 3.8) is 0 Å². The van der Waals surface area contributed by atoms with Crippen LogP contribution < -0.4 is 15.4 Å². The number of halogens is 1. The zero-order chi connectivity index (χ0) is 27.1. The van der Waals surface area contributed by atoms with Crippen molar-refractivity contribution < 1.29 is 14.6 Å². The molecule has 0 bridgehead atoms. The van der Waals surface area contributed by atoms with Crippen molar-refractivity contribution in [2.75, 3.05) is 24.6 Å². The van der Waals surface area contributed by atoms with E-state index in [0.29, 0.717) is 53.8 Å². The summed E-state index contributed by atoms with van der Waals surface area (Å²) < 4.78 is 7.82. The molecule has 3 N–H and O–H groups in total. The molecular formula is C28H31ClN6O3. The van der Waals surface area contributed by atoms with Gasteiger partial charge in [-0.1, -0.05) is 48.9 Å². The van der Waals surface area contributed by atoms with E-state index in [4.69, 9.17) is 37.0 Å². The molecule has 1 fully saturated rings. The van der Waals surface area contributed by atoms with Crippen LogP contribution in [0, 0.1) is 5.41 Å². The Hall–Kier alpha value is -3.69. The summed E-state index contributed by atoms with van der Waals surface area (Å²) in [5.41, 5.74) is 6.78. The van der Waals surface area contributed by atoms with E-state index < -0.39 is 11.0 Å². The minimum atomic E-state index is -1.07. The number of aliphatic hydroxyl groups is 1. The number of hydrogen-bond donors (Lipinski definition) is 2. The molecule has 0 saturated carbocycles. The number of para-hydroxylation sites is 1. The van der Waals surface area contributed by atoms with Gasteiger partial charge in [-0.15, -0.1) is 0 Å². The van der Waals surface area contributed by atoms with Gasteiger partial charge >= 0.3 is 6.01 Å². The van der Waals surface area contributed by atoms with Gasteiger partial charge in [0.15, 0.2) is 17.0 Å². The van der Waals surface area contributed by atoms with E-state index in [1.165, 1.54) is 0 Å². The number of nitrogens with two attached hydrogens (primary N) is 1. The van der Waals surface area contributed by atoms with Crippen LogP contribution in [0.2, 0.25) is 5.02 Å². The molecule has 9 nitrogen and oxygen atoms in total. The summed E-state index contributed by atoms with van der Waals surface area (Å²) in [6.45, 7) is 6.36. The summed E-state index contributed by atoms with van der Waals surface area (Å²) in [6, 6.07) is 17.4. The van der Waals surface area contributed by atoms with Crippen LogP contribution in [0.1, 0.15) is 33.6 Å². The molecule has 3 heterocycles. The first-order valence-electron chi connectivity index (χ1n) is 12.6. The van der Waals surface area contributed by atoms with Gasteiger partial charge in [-0.25, -0.2) is 4.98 Å². The lowest BCUT2D eigenvalue weighted by Crippen LogP contribution is -2.45. The third-order valence-electron chi connectivity index (χ3n) is 6.91. The van der Waals surface area contributed by atoms with E-state index in [1.807, 2.05) is 66.1 Å². The van der Waals surface area contributed by atoms with Gasteiger partial charge in [-0.3, -0.25) is 9.36 Å². The Bertz CT molecular complexity index is 1470. The molecule has 1 aliphatic heterocycles. The number of carbonyl (C=O) groups is 1. The molecule has 0 spiro atoms. The lowest BCUT2D eigenvalue weighted by molar-refractivity contribution is -0.127. The molecule has 0 unspecified atom stereocenters. The first-order chi connectivity index (χ1) is 18.1. The third-order valence-corrected chi connectivity index (χ3v) is 7.24. The Morgan fingerprint density at radius 1 is 1.08 bits per heavy atom. The second-order valence-corrected chi connectivity index (χ2v) is 11.0. The molecule has 1 amide bonds. The maximum absolute atomic E-state index is 12.1. The molecule has 0 atom stereocenters. The predicted octanol–water partition coefficient (Wildman–Crippen LogP) is 4.38. The number of hydrogen-bond acceptors (Lipinski definition) is 7. The number of amides is 1. The topological polar surface area (TPSA) is 119 Å². The second kappa shape index (κ2) is 9.89. The quantitative estimate of drug-likeness (QED) is 0.361. The molecule has 1 saturated heterocycles. The molecule has 198 valence electrons. The van der Waals surface area contributed by atoms with Gasteiger partial charge in [-0.05, 0) is 51.0 Å². The zero-order valence-corrected chi connectivity index (χ0v) is 22.4. The third kappa shape index (κ3) is 5.04. The Balaban J connectivity index is 1.72. The van der Waals surface area contributed by atoms with Crippen molar-refractivity contribution >= 4 is 34.5 Å². The lowest BCUT2D eigenvalue weighted by Gasteiger charge is -2.37. The first-order valence-corrected chi connectivity index (χ1v) is 12.9. The number of carbonyl (C=O) groups excluding carboxylic acids is 1. The molecule has 5 rings (SSSR count). The van der Waals surface area contributed by atoms with E-state index in [9.17, 15) is 9.90 Å². The SMILES string of the molecule is CC(C)(O)COc1nc(N2CCC(C)(C(N)=O)CC2)c2nc(-c3ccccc3Cl)n(-c3ccccc3)c2n1. The molecule has 0 radical (unpaired) electrons. The highest BCUT2D eigenvalue weighted by Crippen LogP contribution is 2.38. The minimum Gasteiger partial charge on any atom is -0.460 e.